The van der Waals surface area contributed by atoms with E-state index in [1.54, 1.807) is 19.1 Å². The summed E-state index contributed by atoms with van der Waals surface area (Å²) in [6.07, 6.45) is 0.276. The molecule has 22 heavy (non-hydrogen) atoms. The fourth-order valence-corrected chi connectivity index (χ4v) is 3.73. The minimum Gasteiger partial charge on any atom is -0.386 e. The van der Waals surface area contributed by atoms with E-state index in [1.807, 2.05) is 42.5 Å². The van der Waals surface area contributed by atoms with Crippen LogP contribution in [0.3, 0.4) is 0 Å². The van der Waals surface area contributed by atoms with Crippen LogP contribution in [0.5, 0.6) is 0 Å². The minimum absolute atomic E-state index is 0.271. The molecule has 0 fully saturated rings. The Hall–Kier alpha value is -1.17. The van der Waals surface area contributed by atoms with Crippen molar-refractivity contribution in [2.45, 2.75) is 23.1 Å². The zero-order valence-corrected chi connectivity index (χ0v) is 14.9. The Morgan fingerprint density at radius 2 is 1.55 bits per heavy atom. The summed E-state index contributed by atoms with van der Waals surface area (Å²) in [6.45, 7) is 1.73. The van der Waals surface area contributed by atoms with Crippen LogP contribution in [0.25, 0.3) is 11.1 Å². The van der Waals surface area contributed by atoms with Crippen LogP contribution in [0, 0.1) is 0 Å². The maximum Gasteiger partial charge on any atom is 0.166 e. The summed E-state index contributed by atoms with van der Waals surface area (Å²) in [6, 6.07) is 17.2. The molecule has 0 saturated heterocycles. The van der Waals surface area contributed by atoms with Crippen LogP contribution in [0.1, 0.15) is 25.0 Å². The van der Waals surface area contributed by atoms with Gasteiger partial charge in [-0.25, -0.2) is 8.42 Å². The SMILES string of the molecule is CCC(Br)(C(O)c1ccc(-c2ccccc2)cc1)S(C)(=O)=O. The summed E-state index contributed by atoms with van der Waals surface area (Å²) in [4.78, 5) is 0. The number of hydrogen-bond acceptors (Lipinski definition) is 3. The van der Waals surface area contributed by atoms with Crippen LogP contribution in [0.2, 0.25) is 0 Å². The van der Waals surface area contributed by atoms with Crippen molar-refractivity contribution in [2.24, 2.45) is 0 Å². The van der Waals surface area contributed by atoms with Gasteiger partial charge in [0.15, 0.2) is 13.5 Å². The van der Waals surface area contributed by atoms with Crippen LogP contribution in [0.15, 0.2) is 54.6 Å². The lowest BCUT2D eigenvalue weighted by molar-refractivity contribution is 0.160. The van der Waals surface area contributed by atoms with E-state index in [9.17, 15) is 13.5 Å². The number of rotatable bonds is 5. The third-order valence-electron chi connectivity index (χ3n) is 3.84. The van der Waals surface area contributed by atoms with Crippen LogP contribution in [-0.4, -0.2) is 23.4 Å². The highest BCUT2D eigenvalue weighted by molar-refractivity contribution is 9.11. The number of benzene rings is 2. The molecule has 0 aromatic heterocycles. The van der Waals surface area contributed by atoms with Crippen molar-refractivity contribution in [3.05, 3.63) is 60.2 Å². The smallest absolute Gasteiger partial charge is 0.166 e. The highest BCUT2D eigenvalue weighted by atomic mass is 79.9. The summed E-state index contributed by atoms with van der Waals surface area (Å²) in [5.74, 6) is 0. The Balaban J connectivity index is 2.35. The molecule has 2 rings (SSSR count). The molecular formula is C17H19BrO3S. The molecule has 0 heterocycles. The number of aliphatic hydroxyl groups excluding tert-OH is 1. The van der Waals surface area contributed by atoms with E-state index in [4.69, 9.17) is 0 Å². The fourth-order valence-electron chi connectivity index (χ4n) is 2.40. The highest BCUT2D eigenvalue weighted by Gasteiger charge is 2.44. The van der Waals surface area contributed by atoms with E-state index < -0.39 is 19.6 Å². The van der Waals surface area contributed by atoms with Crippen LogP contribution < -0.4 is 0 Å². The fraction of sp³-hybridized carbons (Fsp3) is 0.294. The second kappa shape index (κ2) is 6.52. The van der Waals surface area contributed by atoms with Gasteiger partial charge in [0.25, 0.3) is 0 Å². The normalized spacial score (nSPS) is 16.0. The molecule has 0 aliphatic carbocycles. The molecule has 0 spiro atoms. The van der Waals surface area contributed by atoms with Crippen molar-refractivity contribution < 1.29 is 13.5 Å². The van der Waals surface area contributed by atoms with Gasteiger partial charge in [-0.1, -0.05) is 77.5 Å². The topological polar surface area (TPSA) is 54.4 Å². The number of aliphatic hydroxyl groups is 1. The first-order valence-corrected chi connectivity index (χ1v) is 9.70. The van der Waals surface area contributed by atoms with Gasteiger partial charge in [0.2, 0.25) is 0 Å². The molecule has 2 atom stereocenters. The summed E-state index contributed by atoms with van der Waals surface area (Å²) in [5, 5.41) is 10.5. The Morgan fingerprint density at radius 3 is 2.00 bits per heavy atom. The molecular weight excluding hydrogens is 364 g/mol. The molecule has 2 unspecified atom stereocenters. The first kappa shape index (κ1) is 17.2. The predicted octanol–water partition coefficient (Wildman–Crippen LogP) is 3.93. The lowest BCUT2D eigenvalue weighted by atomic mass is 10.00. The van der Waals surface area contributed by atoms with Crippen molar-refractivity contribution in [2.75, 3.05) is 6.26 Å². The molecule has 0 aliphatic heterocycles. The molecule has 0 bridgehead atoms. The van der Waals surface area contributed by atoms with E-state index >= 15 is 0 Å². The highest BCUT2D eigenvalue weighted by Crippen LogP contribution is 2.41. The zero-order valence-electron chi connectivity index (χ0n) is 12.5. The first-order valence-electron chi connectivity index (χ1n) is 7.01. The van der Waals surface area contributed by atoms with Crippen LogP contribution in [0.4, 0.5) is 0 Å². The quantitative estimate of drug-likeness (QED) is 0.796. The Labute approximate surface area is 140 Å². The monoisotopic (exact) mass is 382 g/mol. The van der Waals surface area contributed by atoms with Gasteiger partial charge in [0.1, 0.15) is 6.10 Å². The average molecular weight is 383 g/mol. The van der Waals surface area contributed by atoms with Crippen molar-refractivity contribution in [3.63, 3.8) is 0 Å². The molecule has 118 valence electrons. The van der Waals surface area contributed by atoms with E-state index in [0.717, 1.165) is 17.4 Å². The van der Waals surface area contributed by atoms with E-state index in [2.05, 4.69) is 15.9 Å². The number of alkyl halides is 1. The summed E-state index contributed by atoms with van der Waals surface area (Å²) < 4.78 is 22.6. The second-order valence-corrected chi connectivity index (χ2v) is 9.52. The van der Waals surface area contributed by atoms with Crippen molar-refractivity contribution >= 4 is 25.8 Å². The number of hydrogen-bond donors (Lipinski definition) is 1. The molecule has 0 amide bonds. The van der Waals surface area contributed by atoms with E-state index in [1.165, 1.54) is 0 Å². The third-order valence-corrected chi connectivity index (χ3v) is 8.34. The Morgan fingerprint density at radius 1 is 1.05 bits per heavy atom. The zero-order chi connectivity index (χ0) is 16.4. The largest absolute Gasteiger partial charge is 0.386 e. The van der Waals surface area contributed by atoms with Crippen molar-refractivity contribution in [1.82, 2.24) is 0 Å². The molecule has 3 nitrogen and oxygen atoms in total. The maximum atomic E-state index is 12.0. The molecule has 2 aromatic rings. The lowest BCUT2D eigenvalue weighted by Gasteiger charge is -2.30. The molecule has 0 radical (unpaired) electrons. The maximum absolute atomic E-state index is 12.0. The van der Waals surface area contributed by atoms with Crippen molar-refractivity contribution in [3.8, 4) is 11.1 Å². The minimum atomic E-state index is -3.46. The molecule has 0 saturated carbocycles. The lowest BCUT2D eigenvalue weighted by Crippen LogP contribution is -2.37. The molecule has 0 aliphatic rings. The molecule has 2 aromatic carbocycles. The van der Waals surface area contributed by atoms with Gasteiger partial charge in [-0.15, -0.1) is 0 Å². The van der Waals surface area contributed by atoms with Gasteiger partial charge >= 0.3 is 0 Å². The average Bonchev–Trinajstić information content (AvgIpc) is 2.53. The summed E-state index contributed by atoms with van der Waals surface area (Å²) in [5.41, 5.74) is 2.67. The molecule has 5 heteroatoms. The van der Waals surface area contributed by atoms with Gasteiger partial charge in [-0.3, -0.25) is 0 Å². The van der Waals surface area contributed by atoms with Gasteiger partial charge in [0, 0.05) is 6.26 Å². The molecule has 1 N–H and O–H groups in total. The number of sulfone groups is 1. The van der Waals surface area contributed by atoms with Crippen LogP contribution in [-0.2, 0) is 9.84 Å². The van der Waals surface area contributed by atoms with Crippen LogP contribution >= 0.6 is 15.9 Å². The van der Waals surface area contributed by atoms with Gasteiger partial charge < -0.3 is 5.11 Å². The van der Waals surface area contributed by atoms with E-state index in [-0.39, 0.29) is 6.42 Å². The summed E-state index contributed by atoms with van der Waals surface area (Å²) in [7, 11) is -3.46. The predicted molar refractivity (Wildman–Crippen MR) is 93.6 cm³/mol. The second-order valence-electron chi connectivity index (χ2n) is 5.30. The first-order chi connectivity index (χ1) is 10.3. The summed E-state index contributed by atoms with van der Waals surface area (Å²) >= 11 is 3.23. The van der Waals surface area contributed by atoms with Gasteiger partial charge in [0.05, 0.1) is 0 Å². The third kappa shape index (κ3) is 3.26. The number of halogens is 1. The van der Waals surface area contributed by atoms with Gasteiger partial charge in [-0.2, -0.15) is 0 Å². The standard InChI is InChI=1S/C17H19BrO3S/c1-3-17(18,22(2,20)21)16(19)15-11-9-14(10-12-15)13-7-5-4-6-8-13/h4-12,16,19H,3H2,1-2H3. The Kier molecular flexibility index (Phi) is 5.10. The Bertz CT molecular complexity index is 726. The van der Waals surface area contributed by atoms with Gasteiger partial charge in [-0.05, 0) is 23.1 Å². The van der Waals surface area contributed by atoms with E-state index in [0.29, 0.717) is 5.56 Å². The van der Waals surface area contributed by atoms with Crippen molar-refractivity contribution in [1.29, 1.82) is 0 Å².